The van der Waals surface area contributed by atoms with Crippen molar-refractivity contribution in [1.29, 1.82) is 0 Å². The van der Waals surface area contributed by atoms with Crippen LogP contribution in [0.1, 0.15) is 38.5 Å². The fraction of sp³-hybridized carbons (Fsp3) is 0.857. The molecule has 0 bridgehead atoms. The van der Waals surface area contributed by atoms with E-state index < -0.39 is 0 Å². The van der Waals surface area contributed by atoms with Gasteiger partial charge >= 0.3 is 5.97 Å². The van der Waals surface area contributed by atoms with E-state index >= 15 is 0 Å². The SMILES string of the molecule is COC(=O)C1CCCN1C(=O)CCC1CCCNC1. The topological polar surface area (TPSA) is 58.6 Å². The minimum Gasteiger partial charge on any atom is -0.467 e. The average molecular weight is 268 g/mol. The average Bonchev–Trinajstić information content (AvgIpc) is 2.94. The molecule has 0 spiro atoms. The van der Waals surface area contributed by atoms with Crippen molar-refractivity contribution in [2.45, 2.75) is 44.6 Å². The molecule has 0 aromatic heterocycles. The van der Waals surface area contributed by atoms with E-state index in [2.05, 4.69) is 5.32 Å². The Balaban J connectivity index is 1.79. The van der Waals surface area contributed by atoms with Crippen LogP contribution in [0, 0.1) is 5.92 Å². The van der Waals surface area contributed by atoms with E-state index in [1.54, 1.807) is 4.90 Å². The molecule has 0 aliphatic carbocycles. The first-order valence-corrected chi connectivity index (χ1v) is 7.30. The minimum absolute atomic E-state index is 0.110. The molecule has 2 heterocycles. The summed E-state index contributed by atoms with van der Waals surface area (Å²) in [6.07, 6.45) is 5.53. The molecular weight excluding hydrogens is 244 g/mol. The van der Waals surface area contributed by atoms with E-state index in [-0.39, 0.29) is 17.9 Å². The first kappa shape index (κ1) is 14.3. The van der Waals surface area contributed by atoms with Crippen LogP contribution in [0.3, 0.4) is 0 Å². The largest absolute Gasteiger partial charge is 0.467 e. The number of amides is 1. The Morgan fingerprint density at radius 2 is 2.16 bits per heavy atom. The number of nitrogens with zero attached hydrogens (tertiary/aromatic N) is 1. The fourth-order valence-electron chi connectivity index (χ4n) is 3.09. The molecular formula is C14H24N2O3. The molecule has 2 aliphatic rings. The third-order valence-electron chi connectivity index (χ3n) is 4.21. The highest BCUT2D eigenvalue weighted by Crippen LogP contribution is 2.22. The predicted molar refractivity (Wildman–Crippen MR) is 71.6 cm³/mol. The van der Waals surface area contributed by atoms with E-state index in [1.165, 1.54) is 20.0 Å². The molecule has 2 unspecified atom stereocenters. The second-order valence-corrected chi connectivity index (χ2v) is 5.52. The van der Waals surface area contributed by atoms with Gasteiger partial charge in [-0.05, 0) is 51.1 Å². The van der Waals surface area contributed by atoms with Crippen molar-refractivity contribution in [2.75, 3.05) is 26.7 Å². The number of likely N-dealkylation sites (tertiary alicyclic amines) is 1. The molecule has 108 valence electrons. The molecule has 5 heteroatoms. The van der Waals surface area contributed by atoms with Gasteiger partial charge < -0.3 is 15.0 Å². The number of hydrogen-bond acceptors (Lipinski definition) is 4. The summed E-state index contributed by atoms with van der Waals surface area (Å²) >= 11 is 0. The summed E-state index contributed by atoms with van der Waals surface area (Å²) in [5, 5.41) is 3.37. The summed E-state index contributed by atoms with van der Waals surface area (Å²) in [5.74, 6) is 0.445. The smallest absolute Gasteiger partial charge is 0.328 e. The molecule has 0 aromatic rings. The Labute approximate surface area is 114 Å². The number of piperidine rings is 1. The van der Waals surface area contributed by atoms with Crippen LogP contribution in [0.4, 0.5) is 0 Å². The van der Waals surface area contributed by atoms with E-state index in [0.717, 1.165) is 32.4 Å². The summed E-state index contributed by atoms with van der Waals surface area (Å²) in [4.78, 5) is 25.5. The van der Waals surface area contributed by atoms with Crippen molar-refractivity contribution < 1.29 is 14.3 Å². The number of rotatable bonds is 4. The Kier molecular flexibility index (Phi) is 5.19. The molecule has 2 aliphatic heterocycles. The summed E-state index contributed by atoms with van der Waals surface area (Å²) in [6.45, 7) is 2.82. The number of methoxy groups -OCH3 is 1. The third-order valence-corrected chi connectivity index (χ3v) is 4.21. The molecule has 19 heavy (non-hydrogen) atoms. The maximum Gasteiger partial charge on any atom is 0.328 e. The number of hydrogen-bond donors (Lipinski definition) is 1. The van der Waals surface area contributed by atoms with Gasteiger partial charge in [0.2, 0.25) is 5.91 Å². The van der Waals surface area contributed by atoms with Gasteiger partial charge in [-0.25, -0.2) is 4.79 Å². The van der Waals surface area contributed by atoms with Gasteiger partial charge in [0, 0.05) is 13.0 Å². The van der Waals surface area contributed by atoms with Crippen LogP contribution in [0.5, 0.6) is 0 Å². The third kappa shape index (κ3) is 3.69. The van der Waals surface area contributed by atoms with Gasteiger partial charge in [-0.15, -0.1) is 0 Å². The monoisotopic (exact) mass is 268 g/mol. The summed E-state index contributed by atoms with van der Waals surface area (Å²) in [5.41, 5.74) is 0. The minimum atomic E-state index is -0.345. The summed E-state index contributed by atoms with van der Waals surface area (Å²) in [7, 11) is 1.39. The van der Waals surface area contributed by atoms with Gasteiger partial charge in [-0.2, -0.15) is 0 Å². The van der Waals surface area contributed by atoms with Crippen LogP contribution < -0.4 is 5.32 Å². The molecule has 2 fully saturated rings. The van der Waals surface area contributed by atoms with Crippen LogP contribution >= 0.6 is 0 Å². The van der Waals surface area contributed by atoms with Crippen LogP contribution in [-0.4, -0.2) is 49.6 Å². The maximum atomic E-state index is 12.2. The van der Waals surface area contributed by atoms with E-state index in [0.29, 0.717) is 18.9 Å². The number of ether oxygens (including phenoxy) is 1. The van der Waals surface area contributed by atoms with Gasteiger partial charge in [0.1, 0.15) is 6.04 Å². The highest BCUT2D eigenvalue weighted by Gasteiger charge is 2.34. The van der Waals surface area contributed by atoms with Crippen LogP contribution in [0.2, 0.25) is 0 Å². The van der Waals surface area contributed by atoms with Crippen LogP contribution in [0.25, 0.3) is 0 Å². The van der Waals surface area contributed by atoms with Gasteiger partial charge in [-0.3, -0.25) is 4.79 Å². The van der Waals surface area contributed by atoms with Crippen LogP contribution in [-0.2, 0) is 14.3 Å². The lowest BCUT2D eigenvalue weighted by Crippen LogP contribution is -2.41. The first-order valence-electron chi connectivity index (χ1n) is 7.30. The lowest BCUT2D eigenvalue weighted by atomic mass is 9.94. The van der Waals surface area contributed by atoms with Gasteiger partial charge in [0.25, 0.3) is 0 Å². The Bertz CT molecular complexity index is 327. The highest BCUT2D eigenvalue weighted by molar-refractivity contribution is 5.85. The van der Waals surface area contributed by atoms with Gasteiger partial charge in [-0.1, -0.05) is 0 Å². The first-order chi connectivity index (χ1) is 9.22. The zero-order valence-electron chi connectivity index (χ0n) is 11.7. The van der Waals surface area contributed by atoms with Crippen molar-refractivity contribution in [1.82, 2.24) is 10.2 Å². The molecule has 1 N–H and O–H groups in total. The van der Waals surface area contributed by atoms with Gasteiger partial charge in [0.15, 0.2) is 0 Å². The molecule has 2 atom stereocenters. The predicted octanol–water partition coefficient (Wildman–Crippen LogP) is 0.930. The second kappa shape index (κ2) is 6.89. The Hall–Kier alpha value is -1.10. The summed E-state index contributed by atoms with van der Waals surface area (Å²) in [6, 6.07) is -0.345. The Morgan fingerprint density at radius 3 is 2.84 bits per heavy atom. The van der Waals surface area contributed by atoms with E-state index in [4.69, 9.17) is 4.74 Å². The quantitative estimate of drug-likeness (QED) is 0.771. The lowest BCUT2D eigenvalue weighted by Gasteiger charge is -2.25. The second-order valence-electron chi connectivity index (χ2n) is 5.52. The Morgan fingerprint density at radius 1 is 1.32 bits per heavy atom. The number of esters is 1. The van der Waals surface area contributed by atoms with E-state index in [1.807, 2.05) is 0 Å². The molecule has 2 rings (SSSR count). The molecule has 1 amide bonds. The number of carbonyl (C=O) groups excluding carboxylic acids is 2. The van der Waals surface area contributed by atoms with Crippen molar-refractivity contribution in [2.24, 2.45) is 5.92 Å². The standard InChI is InChI=1S/C14H24N2O3/c1-19-14(18)12-5-3-9-16(12)13(17)7-6-11-4-2-8-15-10-11/h11-12,15H,2-10H2,1H3. The normalized spacial score (nSPS) is 27.3. The molecule has 0 radical (unpaired) electrons. The molecule has 5 nitrogen and oxygen atoms in total. The fourth-order valence-corrected chi connectivity index (χ4v) is 3.09. The zero-order valence-corrected chi connectivity index (χ0v) is 11.7. The number of nitrogens with one attached hydrogen (secondary N) is 1. The van der Waals surface area contributed by atoms with Crippen molar-refractivity contribution in [3.63, 3.8) is 0 Å². The maximum absolute atomic E-state index is 12.2. The molecule has 0 saturated carbocycles. The molecule has 2 saturated heterocycles. The van der Waals surface area contributed by atoms with Crippen molar-refractivity contribution >= 4 is 11.9 Å². The van der Waals surface area contributed by atoms with E-state index in [9.17, 15) is 9.59 Å². The van der Waals surface area contributed by atoms with Crippen LogP contribution in [0.15, 0.2) is 0 Å². The lowest BCUT2D eigenvalue weighted by molar-refractivity contribution is -0.151. The highest BCUT2D eigenvalue weighted by atomic mass is 16.5. The number of carbonyl (C=O) groups is 2. The van der Waals surface area contributed by atoms with Gasteiger partial charge in [0.05, 0.1) is 7.11 Å². The molecule has 0 aromatic carbocycles. The summed E-state index contributed by atoms with van der Waals surface area (Å²) < 4.78 is 4.77. The zero-order chi connectivity index (χ0) is 13.7. The van der Waals surface area contributed by atoms with Crippen molar-refractivity contribution in [3.05, 3.63) is 0 Å². The van der Waals surface area contributed by atoms with Crippen molar-refractivity contribution in [3.8, 4) is 0 Å².